The van der Waals surface area contributed by atoms with Crippen LogP contribution in [-0.2, 0) is 27.2 Å². The van der Waals surface area contributed by atoms with Gasteiger partial charge in [-0.2, -0.15) is 0 Å². The third-order valence-corrected chi connectivity index (χ3v) is 7.20. The van der Waals surface area contributed by atoms with Crippen molar-refractivity contribution in [2.45, 2.75) is 25.9 Å². The van der Waals surface area contributed by atoms with Crippen molar-refractivity contribution in [1.82, 2.24) is 9.13 Å². The molecule has 0 aliphatic carbocycles. The van der Waals surface area contributed by atoms with Crippen molar-refractivity contribution in [1.29, 1.82) is 0 Å². The Morgan fingerprint density at radius 2 is 1.05 bits per heavy atom. The topological polar surface area (TPSA) is 36.1 Å². The lowest BCUT2D eigenvalue weighted by Crippen LogP contribution is -2.23. The van der Waals surface area contributed by atoms with Gasteiger partial charge in [0.2, 0.25) is 12.7 Å². The number of aryl methyl sites for hydroxylation is 4. The van der Waals surface area contributed by atoms with Crippen LogP contribution in [0.15, 0.2) is 98.1 Å². The van der Waals surface area contributed by atoms with Gasteiger partial charge >= 0.3 is 0 Å². The predicted molar refractivity (Wildman–Crippen MR) is 161 cm³/mol. The van der Waals surface area contributed by atoms with Gasteiger partial charge in [-0.3, -0.25) is 0 Å². The van der Waals surface area contributed by atoms with Gasteiger partial charge in [-0.1, -0.05) is 23.7 Å². The lowest BCUT2D eigenvalue weighted by atomic mass is 10.2. The molecule has 0 unspecified atom stereocenters. The molecule has 206 valence electrons. The fourth-order valence-corrected chi connectivity index (χ4v) is 4.86. The highest BCUT2D eigenvalue weighted by Crippen LogP contribution is 2.17. The Labute approximate surface area is 246 Å². The van der Waals surface area contributed by atoms with Crippen LogP contribution in [0.2, 0.25) is 0 Å². The van der Waals surface area contributed by atoms with E-state index in [9.17, 15) is 0 Å². The maximum Gasteiger partial charge on any atom is 0.243 e. The van der Waals surface area contributed by atoms with E-state index in [1.165, 1.54) is 0 Å². The average Bonchev–Trinajstić information content (AvgIpc) is 3.74. The smallest absolute Gasteiger partial charge is 0.243 e. The first-order chi connectivity index (χ1) is 20.1. The molecule has 0 amide bonds. The summed E-state index contributed by atoms with van der Waals surface area (Å²) in [6.45, 7) is 3.24. The highest BCUT2D eigenvalue weighted by atomic mass is 32.1. The van der Waals surface area contributed by atoms with Crippen molar-refractivity contribution < 1.29 is 18.6 Å². The Kier molecular flexibility index (Phi) is 9.55. The lowest BCUT2D eigenvalue weighted by Gasteiger charge is -2.05. The summed E-state index contributed by atoms with van der Waals surface area (Å²) in [5.41, 5.74) is 1.92. The second kappa shape index (κ2) is 14.1. The average molecular weight is 563 g/mol. The van der Waals surface area contributed by atoms with Crippen molar-refractivity contribution >= 4 is 11.3 Å². The van der Waals surface area contributed by atoms with Gasteiger partial charge in [0.15, 0.2) is 0 Å². The molecular formula is C34H34N4O2S+2. The van der Waals surface area contributed by atoms with E-state index in [0.717, 1.165) is 58.3 Å². The van der Waals surface area contributed by atoms with Gasteiger partial charge in [-0.25, -0.2) is 18.3 Å². The molecule has 0 bridgehead atoms. The first-order valence-electron chi connectivity index (χ1n) is 13.7. The zero-order chi connectivity index (χ0) is 28.3. The second-order valence-electron chi connectivity index (χ2n) is 9.75. The molecule has 6 nitrogen and oxygen atoms in total. The van der Waals surface area contributed by atoms with Crippen LogP contribution in [-0.4, -0.2) is 22.3 Å². The van der Waals surface area contributed by atoms with Gasteiger partial charge in [0.1, 0.15) is 36.3 Å². The van der Waals surface area contributed by atoms with Gasteiger partial charge in [0.05, 0.1) is 50.2 Å². The van der Waals surface area contributed by atoms with Crippen LogP contribution < -0.4 is 18.6 Å². The van der Waals surface area contributed by atoms with E-state index in [-0.39, 0.29) is 0 Å². The van der Waals surface area contributed by atoms with E-state index in [1.807, 2.05) is 96.3 Å². The largest absolute Gasteiger partial charge is 0.493 e. The van der Waals surface area contributed by atoms with Gasteiger partial charge < -0.3 is 9.47 Å². The van der Waals surface area contributed by atoms with Crippen molar-refractivity contribution in [2.75, 3.05) is 13.2 Å². The highest BCUT2D eigenvalue weighted by Gasteiger charge is 2.02. The summed E-state index contributed by atoms with van der Waals surface area (Å²) in [7, 11) is 4.05. The molecule has 0 saturated heterocycles. The summed E-state index contributed by atoms with van der Waals surface area (Å²) in [6, 6.07) is 19.9. The molecule has 0 fully saturated rings. The summed E-state index contributed by atoms with van der Waals surface area (Å²) >= 11 is 1.60. The number of hydrogen-bond acceptors (Lipinski definition) is 3. The minimum absolute atomic E-state index is 0.679. The molecule has 7 heteroatoms. The number of rotatable bonds is 10. The standard InChI is InChI=1S/C34H34N4O2S/c1-35-21-23-37(27-35)19-3-25-39-31-11-5-29(6-12-31)9-15-33-17-18-34(41-33)16-10-30-7-13-32(14-8-30)40-26-4-20-38-24-22-36(2)28-38/h5-8,11-14,17-18,21-24,27-28H,3-4,19-20,25-26H2,1-2H3/q+2. The molecule has 3 aromatic heterocycles. The molecule has 2 aromatic carbocycles. The predicted octanol–water partition coefficient (Wildman–Crippen LogP) is 4.74. The number of benzene rings is 2. The molecular weight excluding hydrogens is 528 g/mol. The maximum absolute atomic E-state index is 5.87. The van der Waals surface area contributed by atoms with Gasteiger partial charge in [0, 0.05) is 24.0 Å². The van der Waals surface area contributed by atoms with E-state index in [0.29, 0.717) is 13.2 Å². The van der Waals surface area contributed by atoms with Crippen LogP contribution in [0.25, 0.3) is 0 Å². The first-order valence-corrected chi connectivity index (χ1v) is 14.5. The third kappa shape index (κ3) is 8.89. The number of imidazole rings is 2. The fraction of sp³-hybridized carbons (Fsp3) is 0.235. The monoisotopic (exact) mass is 562 g/mol. The Hall–Kier alpha value is -4.72. The van der Waals surface area contributed by atoms with E-state index >= 15 is 0 Å². The minimum atomic E-state index is 0.679. The Morgan fingerprint density at radius 3 is 1.44 bits per heavy atom. The Bertz CT molecular complexity index is 1550. The molecule has 0 aliphatic heterocycles. The summed E-state index contributed by atoms with van der Waals surface area (Å²) in [5.74, 6) is 14.7. The van der Waals surface area contributed by atoms with Gasteiger partial charge in [-0.05, 0) is 60.7 Å². The van der Waals surface area contributed by atoms with Crippen LogP contribution in [0.4, 0.5) is 0 Å². The van der Waals surface area contributed by atoms with Crippen LogP contribution in [0.3, 0.4) is 0 Å². The molecule has 5 rings (SSSR count). The Morgan fingerprint density at radius 1 is 0.610 bits per heavy atom. The van der Waals surface area contributed by atoms with Crippen LogP contribution >= 0.6 is 11.3 Å². The van der Waals surface area contributed by atoms with E-state index in [1.54, 1.807) is 11.3 Å². The number of aromatic nitrogens is 4. The summed E-state index contributed by atoms with van der Waals surface area (Å²) in [6.07, 6.45) is 14.3. The van der Waals surface area contributed by atoms with Crippen molar-refractivity contribution in [2.24, 2.45) is 14.1 Å². The summed E-state index contributed by atoms with van der Waals surface area (Å²) in [5, 5.41) is 0. The first kappa shape index (κ1) is 27.8. The van der Waals surface area contributed by atoms with Gasteiger partial charge in [-0.15, -0.1) is 11.3 Å². The molecule has 0 aliphatic rings. The number of hydrogen-bond donors (Lipinski definition) is 0. The van der Waals surface area contributed by atoms with E-state index in [4.69, 9.17) is 9.47 Å². The molecule has 3 heterocycles. The summed E-state index contributed by atoms with van der Waals surface area (Å²) in [4.78, 5) is 1.98. The van der Waals surface area contributed by atoms with Crippen LogP contribution in [0, 0.1) is 23.7 Å². The number of nitrogens with zero attached hydrogens (tertiary/aromatic N) is 4. The molecule has 5 aromatic rings. The van der Waals surface area contributed by atoms with E-state index < -0.39 is 0 Å². The molecule has 0 radical (unpaired) electrons. The van der Waals surface area contributed by atoms with Crippen molar-refractivity contribution in [3.63, 3.8) is 0 Å². The fourth-order valence-electron chi connectivity index (χ4n) is 4.15. The molecule has 41 heavy (non-hydrogen) atoms. The maximum atomic E-state index is 5.87. The zero-order valence-corrected chi connectivity index (χ0v) is 24.3. The highest BCUT2D eigenvalue weighted by molar-refractivity contribution is 7.13. The summed E-state index contributed by atoms with van der Waals surface area (Å²) < 4.78 is 20.1. The number of ether oxygens (including phenoxy) is 2. The van der Waals surface area contributed by atoms with Crippen molar-refractivity contribution in [3.05, 3.63) is 119 Å². The number of thiophene rings is 1. The minimum Gasteiger partial charge on any atom is -0.493 e. The quantitative estimate of drug-likeness (QED) is 0.140. The molecule has 0 spiro atoms. The SMILES string of the molecule is C[n+]1ccn(CCCOc2ccc(C#Cc3ccc(C#Cc4ccc(OCCCn5cc[n+](C)c5)cc4)s3)cc2)c1. The molecule has 0 atom stereocenters. The van der Waals surface area contributed by atoms with Crippen molar-refractivity contribution in [3.8, 4) is 35.2 Å². The Balaban J connectivity index is 1.05. The molecule has 0 N–H and O–H groups in total. The van der Waals surface area contributed by atoms with Crippen LogP contribution in [0.1, 0.15) is 33.7 Å². The van der Waals surface area contributed by atoms with E-state index in [2.05, 4.69) is 57.9 Å². The third-order valence-electron chi connectivity index (χ3n) is 6.28. The van der Waals surface area contributed by atoms with Crippen LogP contribution in [0.5, 0.6) is 11.5 Å². The molecule has 0 saturated carbocycles. The van der Waals surface area contributed by atoms with Gasteiger partial charge in [0.25, 0.3) is 0 Å². The normalized spacial score (nSPS) is 10.4. The zero-order valence-electron chi connectivity index (χ0n) is 23.5. The lowest BCUT2D eigenvalue weighted by molar-refractivity contribution is -0.671. The second-order valence-corrected chi connectivity index (χ2v) is 10.8.